The molecule has 2 aliphatic rings. The van der Waals surface area contributed by atoms with Gasteiger partial charge in [0.15, 0.2) is 0 Å². The Morgan fingerprint density at radius 1 is 1.16 bits per heavy atom. The van der Waals surface area contributed by atoms with E-state index in [9.17, 15) is 4.79 Å². The van der Waals surface area contributed by atoms with Crippen LogP contribution in [0.1, 0.15) is 30.7 Å². The molecular formula is C20H24N4O. The summed E-state index contributed by atoms with van der Waals surface area (Å²) in [7, 11) is 0. The average molecular weight is 336 g/mol. The van der Waals surface area contributed by atoms with E-state index in [0.717, 1.165) is 62.5 Å². The Hall–Kier alpha value is -2.27. The van der Waals surface area contributed by atoms with Crippen LogP contribution in [0.2, 0.25) is 0 Å². The Morgan fingerprint density at radius 2 is 2.08 bits per heavy atom. The largest absolute Gasteiger partial charge is 0.310 e. The molecule has 0 aliphatic carbocycles. The highest BCUT2D eigenvalue weighted by Gasteiger charge is 2.49. The Kier molecular flexibility index (Phi) is 4.25. The molecule has 0 saturated carbocycles. The lowest BCUT2D eigenvalue weighted by molar-refractivity contribution is -0.128. The van der Waals surface area contributed by atoms with Crippen LogP contribution < -0.4 is 4.90 Å². The highest BCUT2D eigenvalue weighted by molar-refractivity contribution is 6.00. The van der Waals surface area contributed by atoms with Crippen molar-refractivity contribution in [3.8, 4) is 0 Å². The van der Waals surface area contributed by atoms with Crippen LogP contribution in [-0.2, 0) is 11.3 Å². The number of likely N-dealkylation sites (tertiary alicyclic amines) is 1. The van der Waals surface area contributed by atoms with Crippen molar-refractivity contribution in [3.63, 3.8) is 0 Å². The van der Waals surface area contributed by atoms with E-state index in [-0.39, 0.29) is 11.3 Å². The minimum Gasteiger partial charge on any atom is -0.310 e. The van der Waals surface area contributed by atoms with Gasteiger partial charge in [0.25, 0.3) is 0 Å². The summed E-state index contributed by atoms with van der Waals surface area (Å²) in [4.78, 5) is 26.3. The van der Waals surface area contributed by atoms with E-state index < -0.39 is 0 Å². The number of aromatic nitrogens is 2. The van der Waals surface area contributed by atoms with Gasteiger partial charge in [0.1, 0.15) is 0 Å². The maximum absolute atomic E-state index is 13.2. The molecule has 0 bridgehead atoms. The van der Waals surface area contributed by atoms with Crippen LogP contribution in [0.25, 0.3) is 0 Å². The second kappa shape index (κ2) is 6.56. The van der Waals surface area contributed by atoms with Gasteiger partial charge in [-0.3, -0.25) is 19.7 Å². The molecule has 0 N–H and O–H groups in total. The number of hydrogen-bond acceptors (Lipinski definition) is 4. The molecule has 1 amide bonds. The van der Waals surface area contributed by atoms with Crippen LogP contribution in [0.15, 0.2) is 42.7 Å². The molecule has 130 valence electrons. The van der Waals surface area contributed by atoms with Crippen molar-refractivity contribution in [3.05, 3.63) is 54.1 Å². The first-order valence-corrected chi connectivity index (χ1v) is 9.03. The molecule has 5 heteroatoms. The van der Waals surface area contributed by atoms with Gasteiger partial charge in [0.2, 0.25) is 5.91 Å². The van der Waals surface area contributed by atoms with Gasteiger partial charge in [-0.15, -0.1) is 0 Å². The predicted molar refractivity (Wildman–Crippen MR) is 97.1 cm³/mol. The second-order valence-corrected chi connectivity index (χ2v) is 7.28. The van der Waals surface area contributed by atoms with E-state index in [1.165, 1.54) is 0 Å². The third-order valence-corrected chi connectivity index (χ3v) is 5.46. The normalized spacial score (nSPS) is 24.2. The molecule has 2 aliphatic heterocycles. The summed E-state index contributed by atoms with van der Waals surface area (Å²) >= 11 is 0. The molecule has 4 rings (SSSR count). The van der Waals surface area contributed by atoms with Gasteiger partial charge in [-0.2, -0.15) is 0 Å². The lowest BCUT2D eigenvalue weighted by atomic mass is 9.78. The summed E-state index contributed by atoms with van der Waals surface area (Å²) in [6.45, 7) is 5.51. The van der Waals surface area contributed by atoms with E-state index in [4.69, 9.17) is 0 Å². The van der Waals surface area contributed by atoms with E-state index in [1.807, 2.05) is 30.0 Å². The Balaban J connectivity index is 1.50. The Morgan fingerprint density at radius 3 is 2.88 bits per heavy atom. The number of carbonyl (C=O) groups is 1. The highest BCUT2D eigenvalue weighted by Crippen LogP contribution is 2.41. The number of carbonyl (C=O) groups excluding carboxylic acids is 1. The SMILES string of the molecule is Cc1cccc(CN2CCCC3(CCN(c4cccnc4)C3=O)C2)n1. The standard InChI is InChI=1S/C20H24N4O/c1-16-5-2-6-17(22-16)14-23-11-4-8-20(15-23)9-12-24(19(20)25)18-7-3-10-21-13-18/h2-3,5-7,10,13H,4,8-9,11-12,14-15H2,1H3. The van der Waals surface area contributed by atoms with E-state index in [2.05, 4.69) is 27.0 Å². The number of nitrogens with zero attached hydrogens (tertiary/aromatic N) is 4. The molecule has 5 nitrogen and oxygen atoms in total. The van der Waals surface area contributed by atoms with E-state index >= 15 is 0 Å². The van der Waals surface area contributed by atoms with Gasteiger partial charge in [-0.1, -0.05) is 6.07 Å². The van der Waals surface area contributed by atoms with Crippen LogP contribution >= 0.6 is 0 Å². The minimum absolute atomic E-state index is 0.238. The molecule has 2 aromatic rings. The second-order valence-electron chi connectivity index (χ2n) is 7.28. The van der Waals surface area contributed by atoms with Crippen LogP contribution in [-0.4, -0.2) is 40.4 Å². The molecule has 2 saturated heterocycles. The summed E-state index contributed by atoms with van der Waals surface area (Å²) in [5.74, 6) is 0.266. The number of amides is 1. The van der Waals surface area contributed by atoms with Crippen molar-refractivity contribution in [2.45, 2.75) is 32.7 Å². The average Bonchev–Trinajstić information content (AvgIpc) is 2.92. The molecule has 0 aromatic carbocycles. The fourth-order valence-corrected chi connectivity index (χ4v) is 4.24. The Bertz CT molecular complexity index is 763. The third kappa shape index (κ3) is 3.16. The van der Waals surface area contributed by atoms with Gasteiger partial charge in [0, 0.05) is 31.5 Å². The molecular weight excluding hydrogens is 312 g/mol. The quantitative estimate of drug-likeness (QED) is 0.865. The fourth-order valence-electron chi connectivity index (χ4n) is 4.24. The maximum atomic E-state index is 13.2. The van der Waals surface area contributed by atoms with Gasteiger partial charge < -0.3 is 4.90 Å². The smallest absolute Gasteiger partial charge is 0.234 e. The molecule has 1 unspecified atom stereocenters. The van der Waals surface area contributed by atoms with Crippen molar-refractivity contribution < 1.29 is 4.79 Å². The van der Waals surface area contributed by atoms with Crippen molar-refractivity contribution in [2.75, 3.05) is 24.5 Å². The highest BCUT2D eigenvalue weighted by atomic mass is 16.2. The molecule has 1 spiro atoms. The number of rotatable bonds is 3. The minimum atomic E-state index is -0.238. The monoisotopic (exact) mass is 336 g/mol. The molecule has 0 radical (unpaired) electrons. The molecule has 4 heterocycles. The van der Waals surface area contributed by atoms with Crippen LogP contribution in [0.5, 0.6) is 0 Å². The molecule has 2 fully saturated rings. The van der Waals surface area contributed by atoms with E-state index in [1.54, 1.807) is 12.4 Å². The first-order valence-electron chi connectivity index (χ1n) is 9.03. The summed E-state index contributed by atoms with van der Waals surface area (Å²) in [6, 6.07) is 10.0. The Labute approximate surface area is 148 Å². The first kappa shape index (κ1) is 16.2. The number of piperidine rings is 1. The van der Waals surface area contributed by atoms with Gasteiger partial charge >= 0.3 is 0 Å². The molecule has 1 atom stereocenters. The summed E-state index contributed by atoms with van der Waals surface area (Å²) < 4.78 is 0. The van der Waals surface area contributed by atoms with Gasteiger partial charge in [-0.25, -0.2) is 0 Å². The zero-order valence-electron chi connectivity index (χ0n) is 14.7. The number of hydrogen-bond donors (Lipinski definition) is 0. The fraction of sp³-hybridized carbons (Fsp3) is 0.450. The molecule has 2 aromatic heterocycles. The number of pyridine rings is 2. The van der Waals surface area contributed by atoms with Crippen LogP contribution in [0.4, 0.5) is 5.69 Å². The number of anilines is 1. The zero-order valence-corrected chi connectivity index (χ0v) is 14.7. The van der Waals surface area contributed by atoms with Crippen molar-refractivity contribution in [2.24, 2.45) is 5.41 Å². The van der Waals surface area contributed by atoms with E-state index in [0.29, 0.717) is 0 Å². The first-order chi connectivity index (χ1) is 12.2. The van der Waals surface area contributed by atoms with Crippen LogP contribution in [0, 0.1) is 12.3 Å². The lowest BCUT2D eigenvalue weighted by Crippen LogP contribution is -2.47. The lowest BCUT2D eigenvalue weighted by Gasteiger charge is -2.38. The number of aryl methyl sites for hydroxylation is 1. The third-order valence-electron chi connectivity index (χ3n) is 5.46. The van der Waals surface area contributed by atoms with Gasteiger partial charge in [0.05, 0.1) is 23.0 Å². The van der Waals surface area contributed by atoms with Crippen molar-refractivity contribution >= 4 is 11.6 Å². The predicted octanol–water partition coefficient (Wildman–Crippen LogP) is 2.80. The van der Waals surface area contributed by atoms with Gasteiger partial charge in [-0.05, 0) is 57.0 Å². The summed E-state index contributed by atoms with van der Waals surface area (Å²) in [5, 5.41) is 0. The maximum Gasteiger partial charge on any atom is 0.234 e. The van der Waals surface area contributed by atoms with Crippen LogP contribution in [0.3, 0.4) is 0 Å². The zero-order chi connectivity index (χ0) is 17.3. The van der Waals surface area contributed by atoms with Crippen molar-refractivity contribution in [1.82, 2.24) is 14.9 Å². The van der Waals surface area contributed by atoms with Crippen molar-refractivity contribution in [1.29, 1.82) is 0 Å². The summed E-state index contributed by atoms with van der Waals surface area (Å²) in [6.07, 6.45) is 6.52. The molecule has 25 heavy (non-hydrogen) atoms. The topological polar surface area (TPSA) is 49.3 Å². The summed E-state index contributed by atoms with van der Waals surface area (Å²) in [5.41, 5.74) is 2.81.